The zero-order valence-corrected chi connectivity index (χ0v) is 21.9. The molecule has 37 heavy (non-hydrogen) atoms. The molecule has 6 atom stereocenters. The van der Waals surface area contributed by atoms with Crippen molar-refractivity contribution in [1.29, 1.82) is 0 Å². The van der Waals surface area contributed by atoms with Crippen molar-refractivity contribution in [2.24, 2.45) is 0 Å². The fraction of sp³-hybridized carbons (Fsp3) is 0.435. The Hall–Kier alpha value is -2.85. The molecule has 1 aliphatic heterocycles. The third-order valence-corrected chi connectivity index (χ3v) is 7.09. The highest BCUT2D eigenvalue weighted by Crippen LogP contribution is 2.47. The molecule has 0 bridgehead atoms. The van der Waals surface area contributed by atoms with Gasteiger partial charge in [0.2, 0.25) is 5.67 Å². The monoisotopic (exact) mass is 555 g/mol. The quantitative estimate of drug-likeness (QED) is 0.173. The number of hydrogen-bond donors (Lipinski definition) is 3. The number of nitrogens with zero attached hydrogens (tertiary/aromatic N) is 1. The van der Waals surface area contributed by atoms with E-state index < -0.39 is 62.3 Å². The van der Waals surface area contributed by atoms with Crippen molar-refractivity contribution in [3.8, 4) is 18.1 Å². The molecular formula is C23H27FN3O8PS. The van der Waals surface area contributed by atoms with Gasteiger partial charge in [-0.3, -0.25) is 18.9 Å². The first kappa shape index (κ1) is 28.7. The van der Waals surface area contributed by atoms with Gasteiger partial charge in [-0.2, -0.15) is 5.09 Å². The van der Waals surface area contributed by atoms with Gasteiger partial charge in [-0.05, 0) is 39.0 Å². The Kier molecular flexibility index (Phi) is 9.07. The number of ether oxygens (including phenoxy) is 2. The number of nitrogens with one attached hydrogen (secondary N) is 2. The molecule has 1 saturated heterocycles. The van der Waals surface area contributed by atoms with Crippen LogP contribution in [0.25, 0.3) is 0 Å². The molecule has 1 aromatic carbocycles. The molecule has 1 aromatic heterocycles. The highest BCUT2D eigenvalue weighted by Gasteiger charge is 2.58. The van der Waals surface area contributed by atoms with Gasteiger partial charge < -0.3 is 19.1 Å². The molecule has 0 radical (unpaired) electrons. The fourth-order valence-corrected chi connectivity index (χ4v) is 5.08. The average molecular weight is 556 g/mol. The highest BCUT2D eigenvalue weighted by molar-refractivity contribution is 7.71. The molecule has 1 aliphatic rings. The van der Waals surface area contributed by atoms with Gasteiger partial charge in [0.05, 0.1) is 12.7 Å². The van der Waals surface area contributed by atoms with E-state index in [9.17, 15) is 19.3 Å². The van der Waals surface area contributed by atoms with Crippen LogP contribution in [0.15, 0.2) is 47.4 Å². The molecule has 0 saturated carbocycles. The number of H-pyrrole nitrogens is 1. The number of aromatic nitrogens is 2. The van der Waals surface area contributed by atoms with Crippen LogP contribution in [-0.2, 0) is 23.4 Å². The number of terminal acetylenes is 1. The molecule has 200 valence electrons. The minimum absolute atomic E-state index is 0.0973. The van der Waals surface area contributed by atoms with Gasteiger partial charge in [-0.15, -0.1) is 6.42 Å². The number of aliphatic hydroxyl groups excluding tert-OH is 1. The molecule has 3 rings (SSSR count). The maximum absolute atomic E-state index is 15.7. The maximum Gasteiger partial charge on any atom is 0.459 e. The summed E-state index contributed by atoms with van der Waals surface area (Å²) >= 11 is 4.88. The topological polar surface area (TPSA) is 141 Å². The minimum Gasteiger partial charge on any atom is -0.462 e. The number of aromatic amines is 1. The Balaban J connectivity index is 1.84. The van der Waals surface area contributed by atoms with Crippen molar-refractivity contribution in [1.82, 2.24) is 14.6 Å². The Morgan fingerprint density at radius 2 is 2.05 bits per heavy atom. The van der Waals surface area contributed by atoms with Gasteiger partial charge in [0.1, 0.15) is 28.6 Å². The van der Waals surface area contributed by atoms with Crippen LogP contribution in [0.3, 0.4) is 0 Å². The number of carbonyl (C=O) groups is 1. The second-order valence-electron chi connectivity index (χ2n) is 8.44. The Bertz CT molecular complexity index is 1310. The number of carbonyl (C=O) groups excluding carboxylic acids is 1. The van der Waals surface area contributed by atoms with Crippen LogP contribution in [0.5, 0.6) is 5.75 Å². The smallest absolute Gasteiger partial charge is 0.459 e. The van der Waals surface area contributed by atoms with E-state index in [4.69, 9.17) is 37.2 Å². The summed E-state index contributed by atoms with van der Waals surface area (Å²) in [5, 5.41) is 13.1. The number of para-hydroxylation sites is 1. The van der Waals surface area contributed by atoms with Gasteiger partial charge in [0, 0.05) is 6.20 Å². The lowest BCUT2D eigenvalue weighted by Crippen LogP contribution is -2.44. The first-order valence-electron chi connectivity index (χ1n) is 11.2. The summed E-state index contributed by atoms with van der Waals surface area (Å²) in [6, 6.07) is 8.14. The van der Waals surface area contributed by atoms with Crippen LogP contribution in [-0.4, -0.2) is 57.3 Å². The predicted octanol–water partition coefficient (Wildman–Crippen LogP) is 2.64. The predicted molar refractivity (Wildman–Crippen MR) is 133 cm³/mol. The number of benzene rings is 1. The Labute approximate surface area is 217 Å². The lowest BCUT2D eigenvalue weighted by molar-refractivity contribution is -0.149. The van der Waals surface area contributed by atoms with E-state index in [2.05, 4.69) is 10.1 Å². The number of esters is 1. The van der Waals surface area contributed by atoms with Crippen molar-refractivity contribution in [3.05, 3.63) is 57.7 Å². The van der Waals surface area contributed by atoms with Crippen LogP contribution in [0.4, 0.5) is 4.39 Å². The number of alkyl halides is 1. The molecule has 14 heteroatoms. The summed E-state index contributed by atoms with van der Waals surface area (Å²) in [6.45, 7) is 4.00. The van der Waals surface area contributed by atoms with E-state index in [1.54, 1.807) is 32.0 Å². The molecule has 3 N–H and O–H groups in total. The van der Waals surface area contributed by atoms with E-state index in [-0.39, 0.29) is 10.4 Å². The van der Waals surface area contributed by atoms with Crippen LogP contribution >= 0.6 is 20.0 Å². The number of halogens is 1. The SMILES string of the molecule is C#C[C@@]1(F)C(O)[C@@H](COP(=O)(N[C@@H](C)C(=O)OC(C)C)Oc2ccccc2)O[C@H]1n1ccc(=S)[nH]c1=O. The van der Waals surface area contributed by atoms with Gasteiger partial charge in [-0.1, -0.05) is 36.3 Å². The van der Waals surface area contributed by atoms with E-state index in [1.807, 2.05) is 5.92 Å². The second kappa shape index (κ2) is 11.7. The molecule has 11 nitrogen and oxygen atoms in total. The van der Waals surface area contributed by atoms with E-state index in [1.165, 1.54) is 31.3 Å². The zero-order valence-electron chi connectivity index (χ0n) is 20.2. The van der Waals surface area contributed by atoms with Gasteiger partial charge in [-0.25, -0.2) is 13.8 Å². The van der Waals surface area contributed by atoms with Crippen LogP contribution in [0, 0.1) is 17.0 Å². The molecule has 2 aromatic rings. The normalized spacial score (nSPS) is 25.7. The molecule has 2 heterocycles. The van der Waals surface area contributed by atoms with Crippen molar-refractivity contribution in [2.75, 3.05) is 6.61 Å². The summed E-state index contributed by atoms with van der Waals surface area (Å²) in [4.78, 5) is 26.9. The zero-order chi connectivity index (χ0) is 27.4. The highest BCUT2D eigenvalue weighted by atomic mass is 32.1. The van der Waals surface area contributed by atoms with Crippen molar-refractivity contribution in [2.45, 2.75) is 57.0 Å². The third kappa shape index (κ3) is 6.73. The average Bonchev–Trinajstić information content (AvgIpc) is 3.08. The van der Waals surface area contributed by atoms with E-state index >= 15 is 4.39 Å². The van der Waals surface area contributed by atoms with Gasteiger partial charge in [0.25, 0.3) is 0 Å². The third-order valence-electron chi connectivity index (χ3n) is 5.21. The fourth-order valence-electron chi connectivity index (χ4n) is 3.43. The molecule has 0 amide bonds. The molecule has 2 unspecified atom stereocenters. The lowest BCUT2D eigenvalue weighted by atomic mass is 9.97. The van der Waals surface area contributed by atoms with Gasteiger partial charge in [0.15, 0.2) is 6.23 Å². The standard InChI is InChI=1S/C23H27FN3O8PS/c1-5-23(24)19(28)17(34-21(23)27-12-11-18(37)25-22(27)30)13-32-36(31,35-16-9-7-6-8-10-16)26-15(4)20(29)33-14(2)3/h1,6-12,14-15,17,19,21,28H,13H2,2-4H3,(H,26,31)(H,25,30,37)/t15-,17+,19?,21+,23+,36?/m0/s1. The number of rotatable bonds is 10. The summed E-state index contributed by atoms with van der Waals surface area (Å²) in [5.41, 5.74) is -3.67. The molecule has 1 fully saturated rings. The molecule has 0 spiro atoms. The summed E-state index contributed by atoms with van der Waals surface area (Å²) in [7, 11) is -4.34. The van der Waals surface area contributed by atoms with Crippen LogP contribution < -0.4 is 15.3 Å². The summed E-state index contributed by atoms with van der Waals surface area (Å²) in [5.74, 6) is 1.26. The van der Waals surface area contributed by atoms with Crippen molar-refractivity contribution >= 4 is 25.9 Å². The van der Waals surface area contributed by atoms with E-state index in [0.29, 0.717) is 0 Å². The molecular weight excluding hydrogens is 528 g/mol. The largest absolute Gasteiger partial charge is 0.462 e. The van der Waals surface area contributed by atoms with Crippen molar-refractivity contribution in [3.63, 3.8) is 0 Å². The Morgan fingerprint density at radius 1 is 1.38 bits per heavy atom. The van der Waals surface area contributed by atoms with Crippen LogP contribution in [0.1, 0.15) is 27.0 Å². The van der Waals surface area contributed by atoms with E-state index in [0.717, 1.165) is 4.57 Å². The Morgan fingerprint density at radius 3 is 2.65 bits per heavy atom. The van der Waals surface area contributed by atoms with Crippen molar-refractivity contribution < 1.29 is 37.4 Å². The number of aliphatic hydroxyl groups is 1. The lowest BCUT2D eigenvalue weighted by Gasteiger charge is -2.25. The van der Waals surface area contributed by atoms with Crippen LogP contribution in [0.2, 0.25) is 0 Å². The summed E-state index contributed by atoms with van der Waals surface area (Å²) in [6.07, 6.45) is 0.889. The first-order chi connectivity index (χ1) is 17.4. The molecule has 0 aliphatic carbocycles. The first-order valence-corrected chi connectivity index (χ1v) is 13.1. The van der Waals surface area contributed by atoms with Gasteiger partial charge >= 0.3 is 19.4 Å². The second-order valence-corrected chi connectivity index (χ2v) is 10.6. The number of hydrogen-bond acceptors (Lipinski definition) is 9. The minimum atomic E-state index is -4.34. The summed E-state index contributed by atoms with van der Waals surface area (Å²) < 4.78 is 51.9. The maximum atomic E-state index is 15.7.